The summed E-state index contributed by atoms with van der Waals surface area (Å²) in [6, 6.07) is 8.41. The van der Waals surface area contributed by atoms with Crippen LogP contribution in [0.25, 0.3) is 0 Å². The Kier molecular flexibility index (Phi) is 6.41. The van der Waals surface area contributed by atoms with Gasteiger partial charge in [-0.1, -0.05) is 32.1 Å². The van der Waals surface area contributed by atoms with Gasteiger partial charge < -0.3 is 10.1 Å². The third-order valence-electron chi connectivity index (χ3n) is 2.90. The molecule has 1 N–H and O–H groups in total. The average Bonchev–Trinajstić information content (AvgIpc) is 2.38. The van der Waals surface area contributed by atoms with Crippen molar-refractivity contribution in [2.45, 2.75) is 26.2 Å². The highest BCUT2D eigenvalue weighted by atomic mass is 16.5. The van der Waals surface area contributed by atoms with Crippen LogP contribution in [0, 0.1) is 0 Å². The molecule has 94 valence electrons. The number of nitrogens with one attached hydrogen (secondary N) is 1. The second kappa shape index (κ2) is 7.91. The molecule has 0 amide bonds. The van der Waals surface area contributed by atoms with Crippen LogP contribution in [0.4, 0.5) is 0 Å². The molecule has 0 aliphatic carbocycles. The van der Waals surface area contributed by atoms with Crippen molar-refractivity contribution >= 4 is 0 Å². The van der Waals surface area contributed by atoms with Gasteiger partial charge >= 0.3 is 0 Å². The fourth-order valence-corrected chi connectivity index (χ4v) is 1.57. The molecule has 0 saturated heterocycles. The van der Waals surface area contributed by atoms with Crippen molar-refractivity contribution in [3.05, 3.63) is 42.5 Å². The Labute approximate surface area is 105 Å². The molecule has 0 spiro atoms. The van der Waals surface area contributed by atoms with Crippen molar-refractivity contribution in [3.63, 3.8) is 0 Å². The minimum Gasteiger partial charge on any atom is -0.492 e. The van der Waals surface area contributed by atoms with E-state index in [1.54, 1.807) is 0 Å². The SMILES string of the molecule is C=CCNCCOc1ccc(C(C)CC)cc1. The van der Waals surface area contributed by atoms with E-state index >= 15 is 0 Å². The van der Waals surface area contributed by atoms with E-state index < -0.39 is 0 Å². The number of hydrogen-bond donors (Lipinski definition) is 1. The summed E-state index contributed by atoms with van der Waals surface area (Å²) in [5, 5.41) is 3.20. The van der Waals surface area contributed by atoms with E-state index in [2.05, 4.69) is 50.0 Å². The first-order valence-electron chi connectivity index (χ1n) is 6.32. The van der Waals surface area contributed by atoms with Crippen molar-refractivity contribution in [1.82, 2.24) is 5.32 Å². The molecule has 0 fully saturated rings. The fourth-order valence-electron chi connectivity index (χ4n) is 1.57. The Morgan fingerprint density at radius 3 is 2.65 bits per heavy atom. The van der Waals surface area contributed by atoms with E-state index in [1.807, 2.05) is 6.08 Å². The van der Waals surface area contributed by atoms with Crippen LogP contribution in [0.2, 0.25) is 0 Å². The summed E-state index contributed by atoms with van der Waals surface area (Å²) in [5.74, 6) is 1.57. The van der Waals surface area contributed by atoms with E-state index in [0.717, 1.165) is 18.8 Å². The Bertz CT molecular complexity index is 318. The third-order valence-corrected chi connectivity index (χ3v) is 2.90. The lowest BCUT2D eigenvalue weighted by Gasteiger charge is -2.10. The van der Waals surface area contributed by atoms with Gasteiger partial charge in [0.2, 0.25) is 0 Å². The Balaban J connectivity index is 2.32. The van der Waals surface area contributed by atoms with Crippen LogP contribution in [0.3, 0.4) is 0 Å². The first-order valence-corrected chi connectivity index (χ1v) is 6.32. The number of ether oxygens (including phenoxy) is 1. The summed E-state index contributed by atoms with van der Waals surface area (Å²) < 4.78 is 5.62. The Morgan fingerprint density at radius 2 is 2.06 bits per heavy atom. The van der Waals surface area contributed by atoms with Crippen molar-refractivity contribution in [1.29, 1.82) is 0 Å². The molecule has 1 unspecified atom stereocenters. The normalized spacial score (nSPS) is 12.1. The maximum absolute atomic E-state index is 5.62. The van der Waals surface area contributed by atoms with Gasteiger partial charge in [-0.15, -0.1) is 6.58 Å². The quantitative estimate of drug-likeness (QED) is 0.549. The molecule has 0 saturated carbocycles. The van der Waals surface area contributed by atoms with Gasteiger partial charge in [0.15, 0.2) is 0 Å². The van der Waals surface area contributed by atoms with Crippen LogP contribution < -0.4 is 10.1 Å². The molecule has 1 atom stereocenters. The number of hydrogen-bond acceptors (Lipinski definition) is 2. The molecule has 0 aliphatic rings. The molecular weight excluding hydrogens is 210 g/mol. The van der Waals surface area contributed by atoms with Crippen molar-refractivity contribution in [2.24, 2.45) is 0 Å². The van der Waals surface area contributed by atoms with Gasteiger partial charge in [0.1, 0.15) is 12.4 Å². The molecule has 0 bridgehead atoms. The zero-order valence-electron chi connectivity index (χ0n) is 10.9. The van der Waals surface area contributed by atoms with E-state index in [1.165, 1.54) is 12.0 Å². The molecular formula is C15H23NO. The number of rotatable bonds is 8. The van der Waals surface area contributed by atoms with Crippen molar-refractivity contribution in [3.8, 4) is 5.75 Å². The maximum atomic E-state index is 5.62. The van der Waals surface area contributed by atoms with Crippen LogP contribution in [0.1, 0.15) is 31.7 Å². The topological polar surface area (TPSA) is 21.3 Å². The first kappa shape index (κ1) is 13.8. The lowest BCUT2D eigenvalue weighted by Crippen LogP contribution is -2.20. The number of benzene rings is 1. The summed E-state index contributed by atoms with van der Waals surface area (Å²) in [6.07, 6.45) is 3.02. The maximum Gasteiger partial charge on any atom is 0.119 e. The molecule has 2 heteroatoms. The molecule has 2 nitrogen and oxygen atoms in total. The minimum atomic E-state index is 0.623. The standard InChI is InChI=1S/C15H23NO/c1-4-10-16-11-12-17-15-8-6-14(7-9-15)13(3)5-2/h4,6-9,13,16H,1,5,10-12H2,2-3H3. The van der Waals surface area contributed by atoms with Crippen LogP contribution >= 0.6 is 0 Å². The van der Waals surface area contributed by atoms with E-state index in [0.29, 0.717) is 12.5 Å². The summed E-state index contributed by atoms with van der Waals surface area (Å²) in [4.78, 5) is 0. The highest BCUT2D eigenvalue weighted by Gasteiger charge is 2.02. The van der Waals surface area contributed by atoms with Gasteiger partial charge in [0.25, 0.3) is 0 Å². The van der Waals surface area contributed by atoms with Crippen LogP contribution in [0.15, 0.2) is 36.9 Å². The minimum absolute atomic E-state index is 0.623. The monoisotopic (exact) mass is 233 g/mol. The largest absolute Gasteiger partial charge is 0.492 e. The van der Waals surface area contributed by atoms with Crippen LogP contribution in [-0.4, -0.2) is 19.7 Å². The highest BCUT2D eigenvalue weighted by molar-refractivity contribution is 5.29. The average molecular weight is 233 g/mol. The van der Waals surface area contributed by atoms with Crippen molar-refractivity contribution < 1.29 is 4.74 Å². The predicted molar refractivity (Wildman–Crippen MR) is 73.7 cm³/mol. The summed E-state index contributed by atoms with van der Waals surface area (Å²) in [5.41, 5.74) is 1.38. The second-order valence-corrected chi connectivity index (χ2v) is 4.22. The smallest absolute Gasteiger partial charge is 0.119 e. The summed E-state index contributed by atoms with van der Waals surface area (Å²) >= 11 is 0. The summed E-state index contributed by atoms with van der Waals surface area (Å²) in [6.45, 7) is 10.5. The molecule has 0 radical (unpaired) electrons. The van der Waals surface area contributed by atoms with E-state index in [9.17, 15) is 0 Å². The molecule has 1 aromatic rings. The molecule has 0 aromatic heterocycles. The van der Waals surface area contributed by atoms with Crippen molar-refractivity contribution in [2.75, 3.05) is 19.7 Å². The lowest BCUT2D eigenvalue weighted by atomic mass is 9.99. The van der Waals surface area contributed by atoms with E-state index in [-0.39, 0.29) is 0 Å². The van der Waals surface area contributed by atoms with Gasteiger partial charge in [-0.25, -0.2) is 0 Å². The van der Waals surface area contributed by atoms with Crippen LogP contribution in [0.5, 0.6) is 5.75 Å². The van der Waals surface area contributed by atoms with Gasteiger partial charge in [-0.2, -0.15) is 0 Å². The molecule has 0 heterocycles. The van der Waals surface area contributed by atoms with Crippen LogP contribution in [-0.2, 0) is 0 Å². The Morgan fingerprint density at radius 1 is 1.35 bits per heavy atom. The highest BCUT2D eigenvalue weighted by Crippen LogP contribution is 2.21. The lowest BCUT2D eigenvalue weighted by molar-refractivity contribution is 0.316. The zero-order chi connectivity index (χ0) is 12.5. The first-order chi connectivity index (χ1) is 8.27. The molecule has 0 aliphatic heterocycles. The zero-order valence-corrected chi connectivity index (χ0v) is 10.9. The van der Waals surface area contributed by atoms with Gasteiger partial charge in [-0.05, 0) is 30.0 Å². The fraction of sp³-hybridized carbons (Fsp3) is 0.467. The second-order valence-electron chi connectivity index (χ2n) is 4.22. The molecule has 1 aromatic carbocycles. The molecule has 17 heavy (non-hydrogen) atoms. The molecule has 1 rings (SSSR count). The van der Waals surface area contributed by atoms with Gasteiger partial charge in [0.05, 0.1) is 0 Å². The Hall–Kier alpha value is -1.28. The summed E-state index contributed by atoms with van der Waals surface area (Å²) in [7, 11) is 0. The predicted octanol–water partition coefficient (Wildman–Crippen LogP) is 3.35. The van der Waals surface area contributed by atoms with Gasteiger partial charge in [-0.3, -0.25) is 0 Å². The third kappa shape index (κ3) is 5.05. The van der Waals surface area contributed by atoms with Gasteiger partial charge in [0, 0.05) is 13.1 Å². The van der Waals surface area contributed by atoms with E-state index in [4.69, 9.17) is 4.74 Å².